The molecule has 0 saturated carbocycles. The predicted octanol–water partition coefficient (Wildman–Crippen LogP) is 2.19. The molecule has 1 aromatic carbocycles. The lowest BCUT2D eigenvalue weighted by Gasteiger charge is -2.08. The van der Waals surface area contributed by atoms with E-state index >= 15 is 0 Å². The van der Waals surface area contributed by atoms with Gasteiger partial charge in [0.15, 0.2) is 0 Å². The monoisotopic (exact) mass is 196 g/mol. The molecule has 0 aliphatic rings. The molecule has 0 radical (unpaired) electrons. The van der Waals surface area contributed by atoms with Crippen molar-refractivity contribution in [1.82, 2.24) is 5.01 Å². The van der Waals surface area contributed by atoms with E-state index in [1.165, 1.54) is 0 Å². The first-order valence-electron chi connectivity index (χ1n) is 4.10. The van der Waals surface area contributed by atoms with E-state index in [2.05, 4.69) is 5.10 Å². The number of hydrogen-bond acceptors (Lipinski definition) is 2. The highest BCUT2D eigenvalue weighted by Crippen LogP contribution is 2.03. The van der Waals surface area contributed by atoms with Gasteiger partial charge in [-0.3, -0.25) is 0 Å². The zero-order chi connectivity index (χ0) is 9.68. The van der Waals surface area contributed by atoms with E-state index in [0.717, 1.165) is 11.3 Å². The Kier molecular flexibility index (Phi) is 3.77. The Hall–Kier alpha value is -1.02. The molecule has 0 spiro atoms. The summed E-state index contributed by atoms with van der Waals surface area (Å²) in [6.07, 6.45) is 0. The van der Waals surface area contributed by atoms with Gasteiger partial charge in [-0.15, -0.1) is 11.6 Å². The van der Waals surface area contributed by atoms with Crippen molar-refractivity contribution in [3.05, 3.63) is 35.9 Å². The number of benzene rings is 1. The van der Waals surface area contributed by atoms with Gasteiger partial charge >= 0.3 is 0 Å². The number of hydrogen-bond donors (Lipinski definition) is 0. The fraction of sp³-hybridized carbons (Fsp3) is 0.300. The fourth-order valence-electron chi connectivity index (χ4n) is 1.03. The number of halogens is 1. The van der Waals surface area contributed by atoms with Gasteiger partial charge < -0.3 is 5.01 Å². The Bertz CT molecular complexity index is 280. The van der Waals surface area contributed by atoms with Gasteiger partial charge in [0.1, 0.15) is 0 Å². The van der Waals surface area contributed by atoms with E-state index in [0.29, 0.717) is 5.88 Å². The van der Waals surface area contributed by atoms with Crippen LogP contribution in [0.5, 0.6) is 0 Å². The quantitative estimate of drug-likeness (QED) is 0.411. The van der Waals surface area contributed by atoms with E-state index in [-0.39, 0.29) is 0 Å². The van der Waals surface area contributed by atoms with Crippen LogP contribution in [0.25, 0.3) is 0 Å². The Balaban J connectivity index is 2.91. The summed E-state index contributed by atoms with van der Waals surface area (Å²) >= 11 is 5.79. The van der Waals surface area contributed by atoms with Crippen LogP contribution in [0.3, 0.4) is 0 Å². The summed E-state index contributed by atoms with van der Waals surface area (Å²) in [6.45, 7) is 0. The molecule has 0 unspecified atom stereocenters. The topological polar surface area (TPSA) is 15.6 Å². The minimum Gasteiger partial charge on any atom is -0.303 e. The molecule has 1 aromatic rings. The maximum Gasteiger partial charge on any atom is 0.0824 e. The van der Waals surface area contributed by atoms with Crippen LogP contribution in [-0.4, -0.2) is 30.7 Å². The molecule has 0 saturated heterocycles. The highest BCUT2D eigenvalue weighted by molar-refractivity contribution is 6.31. The van der Waals surface area contributed by atoms with Gasteiger partial charge in [-0.05, 0) is 5.56 Å². The van der Waals surface area contributed by atoms with Crippen LogP contribution < -0.4 is 0 Å². The minimum absolute atomic E-state index is 0.433. The van der Waals surface area contributed by atoms with Crippen LogP contribution in [0.2, 0.25) is 0 Å². The average Bonchev–Trinajstić information content (AvgIpc) is 2.15. The normalized spacial score (nSPS) is 11.5. The first-order valence-corrected chi connectivity index (χ1v) is 4.63. The molecule has 0 bridgehead atoms. The van der Waals surface area contributed by atoms with Crippen molar-refractivity contribution >= 4 is 17.3 Å². The van der Waals surface area contributed by atoms with Gasteiger partial charge in [-0.1, -0.05) is 30.3 Å². The summed E-state index contributed by atoms with van der Waals surface area (Å²) < 4.78 is 0. The molecule has 3 heteroatoms. The summed E-state index contributed by atoms with van der Waals surface area (Å²) in [4.78, 5) is 0. The second-order valence-corrected chi connectivity index (χ2v) is 3.16. The Morgan fingerprint density at radius 2 is 1.92 bits per heavy atom. The van der Waals surface area contributed by atoms with Crippen molar-refractivity contribution in [2.24, 2.45) is 5.10 Å². The van der Waals surface area contributed by atoms with Crippen LogP contribution in [-0.2, 0) is 0 Å². The maximum atomic E-state index is 5.79. The lowest BCUT2D eigenvalue weighted by molar-refractivity contribution is 0.438. The second-order valence-electron chi connectivity index (χ2n) is 2.89. The SMILES string of the molecule is CN(C)/N=C(\CCl)c1ccccc1. The molecular weight excluding hydrogens is 184 g/mol. The largest absolute Gasteiger partial charge is 0.303 e. The van der Waals surface area contributed by atoms with E-state index in [9.17, 15) is 0 Å². The molecule has 0 heterocycles. The van der Waals surface area contributed by atoms with Gasteiger partial charge in [0.25, 0.3) is 0 Å². The first kappa shape index (κ1) is 10.1. The Morgan fingerprint density at radius 3 is 2.38 bits per heavy atom. The third-order valence-corrected chi connectivity index (χ3v) is 1.81. The molecule has 1 rings (SSSR count). The number of rotatable bonds is 3. The highest BCUT2D eigenvalue weighted by Gasteiger charge is 2.00. The molecule has 0 N–H and O–H groups in total. The van der Waals surface area contributed by atoms with Crippen molar-refractivity contribution in [2.75, 3.05) is 20.0 Å². The number of nitrogens with zero attached hydrogens (tertiary/aromatic N) is 2. The van der Waals surface area contributed by atoms with E-state index in [1.54, 1.807) is 5.01 Å². The fourth-order valence-corrected chi connectivity index (χ4v) is 1.24. The lowest BCUT2D eigenvalue weighted by Crippen LogP contribution is -2.11. The summed E-state index contributed by atoms with van der Waals surface area (Å²) in [5, 5.41) is 6.04. The average molecular weight is 197 g/mol. The van der Waals surface area contributed by atoms with Crippen molar-refractivity contribution in [2.45, 2.75) is 0 Å². The minimum atomic E-state index is 0.433. The van der Waals surface area contributed by atoms with Crippen molar-refractivity contribution in [1.29, 1.82) is 0 Å². The van der Waals surface area contributed by atoms with Crippen LogP contribution in [0, 0.1) is 0 Å². The molecule has 0 aliphatic heterocycles. The molecule has 0 amide bonds. The third-order valence-electron chi connectivity index (χ3n) is 1.55. The summed E-state index contributed by atoms with van der Waals surface area (Å²) in [7, 11) is 3.77. The summed E-state index contributed by atoms with van der Waals surface area (Å²) in [5.74, 6) is 0.433. The van der Waals surface area contributed by atoms with E-state index in [4.69, 9.17) is 11.6 Å². The summed E-state index contributed by atoms with van der Waals surface area (Å²) in [5.41, 5.74) is 1.97. The smallest absolute Gasteiger partial charge is 0.0824 e. The summed E-state index contributed by atoms with van der Waals surface area (Å²) in [6, 6.07) is 9.95. The zero-order valence-electron chi connectivity index (χ0n) is 7.87. The van der Waals surface area contributed by atoms with Gasteiger partial charge in [0.2, 0.25) is 0 Å². The number of hydrazone groups is 1. The highest BCUT2D eigenvalue weighted by atomic mass is 35.5. The van der Waals surface area contributed by atoms with Gasteiger partial charge in [0.05, 0.1) is 11.6 Å². The van der Waals surface area contributed by atoms with Crippen LogP contribution in [0.15, 0.2) is 35.4 Å². The maximum absolute atomic E-state index is 5.79. The molecule has 70 valence electrons. The van der Waals surface area contributed by atoms with Gasteiger partial charge in [0, 0.05) is 14.1 Å². The zero-order valence-corrected chi connectivity index (χ0v) is 8.62. The van der Waals surface area contributed by atoms with Crippen LogP contribution in [0.4, 0.5) is 0 Å². The second kappa shape index (κ2) is 4.87. The molecule has 0 atom stereocenters. The molecule has 13 heavy (non-hydrogen) atoms. The van der Waals surface area contributed by atoms with E-state index < -0.39 is 0 Å². The van der Waals surface area contributed by atoms with Crippen molar-refractivity contribution in [3.63, 3.8) is 0 Å². The van der Waals surface area contributed by atoms with Crippen LogP contribution in [0.1, 0.15) is 5.56 Å². The third kappa shape index (κ3) is 3.07. The Labute approximate surface area is 83.8 Å². The van der Waals surface area contributed by atoms with E-state index in [1.807, 2.05) is 44.4 Å². The van der Waals surface area contributed by atoms with Crippen molar-refractivity contribution in [3.8, 4) is 0 Å². The lowest BCUT2D eigenvalue weighted by atomic mass is 10.1. The van der Waals surface area contributed by atoms with Gasteiger partial charge in [-0.25, -0.2) is 0 Å². The van der Waals surface area contributed by atoms with Crippen LogP contribution >= 0.6 is 11.6 Å². The standard InChI is InChI=1S/C10H13ClN2/c1-13(2)12-10(8-11)9-6-4-3-5-7-9/h3-7H,8H2,1-2H3/b12-10+. The number of alkyl halides is 1. The molecular formula is C10H13ClN2. The van der Waals surface area contributed by atoms with Gasteiger partial charge in [-0.2, -0.15) is 5.10 Å². The molecule has 2 nitrogen and oxygen atoms in total. The first-order chi connectivity index (χ1) is 6.24. The Morgan fingerprint density at radius 1 is 1.31 bits per heavy atom. The molecule has 0 aliphatic carbocycles. The van der Waals surface area contributed by atoms with Crippen molar-refractivity contribution < 1.29 is 0 Å². The molecule has 0 fully saturated rings. The predicted molar refractivity (Wildman–Crippen MR) is 57.4 cm³/mol. The molecule has 0 aromatic heterocycles.